The van der Waals surface area contributed by atoms with E-state index in [1.807, 2.05) is 103 Å². The number of carbonyl (C=O) groups excluding carboxylic acids is 2. The Morgan fingerprint density at radius 1 is 0.667 bits per heavy atom. The summed E-state index contributed by atoms with van der Waals surface area (Å²) in [5.74, 6) is -0.551. The largest absolute Gasteiger partial charge is 0.489 e. The van der Waals surface area contributed by atoms with E-state index in [9.17, 15) is 9.59 Å². The van der Waals surface area contributed by atoms with E-state index in [1.54, 1.807) is 17.2 Å². The third-order valence-electron chi connectivity index (χ3n) is 6.61. The van der Waals surface area contributed by atoms with Crippen LogP contribution in [0.15, 0.2) is 115 Å². The maximum Gasteiger partial charge on any atom is 0.266 e. The van der Waals surface area contributed by atoms with Gasteiger partial charge in [-0.1, -0.05) is 78.9 Å². The van der Waals surface area contributed by atoms with Crippen molar-refractivity contribution in [3.63, 3.8) is 0 Å². The fourth-order valence-electron chi connectivity index (χ4n) is 4.89. The van der Waals surface area contributed by atoms with Crippen molar-refractivity contribution < 1.29 is 19.2 Å². The zero-order valence-electron chi connectivity index (χ0n) is 19.4. The third-order valence-corrected chi connectivity index (χ3v) is 6.61. The summed E-state index contributed by atoms with van der Waals surface area (Å²) in [5, 5.41) is 1.70. The van der Waals surface area contributed by atoms with Crippen LogP contribution in [0.2, 0.25) is 0 Å². The Hall–Kier alpha value is -4.42. The quantitative estimate of drug-likeness (QED) is 0.353. The summed E-state index contributed by atoms with van der Waals surface area (Å²) >= 11 is 0. The molecular weight excluding hydrogens is 452 g/mol. The van der Waals surface area contributed by atoms with Crippen LogP contribution in [0, 0.1) is 5.92 Å². The molecule has 2 saturated heterocycles. The SMILES string of the molecule is O=C1C2ON(c3ccccc3)C(c3ccc(OCc4ccccc4)cc3)C2C(=O)N1c1ccccc1. The average molecular weight is 477 g/mol. The molecule has 36 heavy (non-hydrogen) atoms. The number of carbonyl (C=O) groups is 2. The molecule has 0 N–H and O–H groups in total. The van der Waals surface area contributed by atoms with Gasteiger partial charge >= 0.3 is 0 Å². The Labute approximate surface area is 209 Å². The number of fused-ring (bicyclic) bond motifs is 1. The maximum atomic E-state index is 13.7. The van der Waals surface area contributed by atoms with E-state index < -0.39 is 18.1 Å². The van der Waals surface area contributed by atoms with Crippen LogP contribution in [0.4, 0.5) is 11.4 Å². The predicted molar refractivity (Wildman–Crippen MR) is 136 cm³/mol. The first-order valence-electron chi connectivity index (χ1n) is 11.9. The van der Waals surface area contributed by atoms with Crippen LogP contribution in [0.25, 0.3) is 0 Å². The second-order valence-corrected chi connectivity index (χ2v) is 8.85. The van der Waals surface area contributed by atoms with Crippen LogP contribution >= 0.6 is 0 Å². The minimum atomic E-state index is -0.892. The summed E-state index contributed by atoms with van der Waals surface area (Å²) in [6.07, 6.45) is -0.892. The number of benzene rings is 4. The Balaban J connectivity index is 1.31. The molecule has 2 heterocycles. The molecule has 2 fully saturated rings. The fraction of sp³-hybridized carbons (Fsp3) is 0.133. The molecule has 2 aliphatic heterocycles. The molecule has 0 aliphatic carbocycles. The molecule has 0 saturated carbocycles. The lowest BCUT2D eigenvalue weighted by Gasteiger charge is -2.28. The monoisotopic (exact) mass is 476 g/mol. The number of imide groups is 1. The number of hydrogen-bond acceptors (Lipinski definition) is 5. The summed E-state index contributed by atoms with van der Waals surface area (Å²) in [6.45, 7) is 0.465. The van der Waals surface area contributed by atoms with Crippen LogP contribution in [0.5, 0.6) is 5.75 Å². The van der Waals surface area contributed by atoms with Crippen molar-refractivity contribution in [2.24, 2.45) is 5.92 Å². The van der Waals surface area contributed by atoms with Gasteiger partial charge in [-0.05, 0) is 47.5 Å². The fourth-order valence-corrected chi connectivity index (χ4v) is 4.89. The van der Waals surface area contributed by atoms with Crippen molar-refractivity contribution in [3.05, 3.63) is 126 Å². The van der Waals surface area contributed by atoms with Crippen LogP contribution in [0.3, 0.4) is 0 Å². The highest BCUT2D eigenvalue weighted by atomic mass is 16.7. The van der Waals surface area contributed by atoms with Gasteiger partial charge in [-0.2, -0.15) is 0 Å². The predicted octanol–water partition coefficient (Wildman–Crippen LogP) is 5.32. The summed E-state index contributed by atoms with van der Waals surface area (Å²) < 4.78 is 5.95. The van der Waals surface area contributed by atoms with Crippen LogP contribution in [-0.2, 0) is 21.0 Å². The molecule has 3 unspecified atom stereocenters. The Morgan fingerprint density at radius 3 is 1.89 bits per heavy atom. The molecule has 2 amide bonds. The van der Waals surface area contributed by atoms with Gasteiger partial charge in [0.15, 0.2) is 6.10 Å². The summed E-state index contributed by atoms with van der Waals surface area (Å²) in [7, 11) is 0. The third kappa shape index (κ3) is 3.91. The summed E-state index contributed by atoms with van der Waals surface area (Å²) in [5.41, 5.74) is 3.29. The highest BCUT2D eigenvalue weighted by molar-refractivity contribution is 6.23. The second kappa shape index (κ2) is 9.32. The standard InChI is InChI=1S/C30H24N2O4/c33-29-26-27(22-16-18-25(19-17-22)35-20-21-10-4-1-5-11-21)32(24-14-8-3-9-15-24)36-28(26)30(34)31(29)23-12-6-2-7-13-23/h1-19,26-28H,20H2. The van der Waals surface area contributed by atoms with Gasteiger partial charge in [-0.3, -0.25) is 14.4 Å². The second-order valence-electron chi connectivity index (χ2n) is 8.85. The first-order chi connectivity index (χ1) is 17.7. The first kappa shape index (κ1) is 22.1. The topological polar surface area (TPSA) is 59.1 Å². The molecule has 0 spiro atoms. The van der Waals surface area contributed by atoms with E-state index in [-0.39, 0.29) is 11.8 Å². The van der Waals surface area contributed by atoms with Crippen molar-refractivity contribution in [2.75, 3.05) is 9.96 Å². The van der Waals surface area contributed by atoms with Gasteiger partial charge in [0.25, 0.3) is 5.91 Å². The van der Waals surface area contributed by atoms with Crippen molar-refractivity contribution >= 4 is 23.2 Å². The van der Waals surface area contributed by atoms with E-state index in [0.717, 1.165) is 22.6 Å². The van der Waals surface area contributed by atoms with Crippen LogP contribution in [0.1, 0.15) is 17.2 Å². The van der Waals surface area contributed by atoms with E-state index in [0.29, 0.717) is 12.3 Å². The Kier molecular flexibility index (Phi) is 5.71. The highest BCUT2D eigenvalue weighted by Gasteiger charge is 2.60. The number of para-hydroxylation sites is 2. The molecule has 0 aromatic heterocycles. The molecule has 4 aromatic carbocycles. The molecule has 4 aromatic rings. The number of rotatable bonds is 6. The van der Waals surface area contributed by atoms with Crippen molar-refractivity contribution in [2.45, 2.75) is 18.8 Å². The van der Waals surface area contributed by atoms with Crippen molar-refractivity contribution in [1.29, 1.82) is 0 Å². The minimum Gasteiger partial charge on any atom is -0.489 e. The first-order valence-corrected chi connectivity index (χ1v) is 11.9. The molecule has 3 atom stereocenters. The van der Waals surface area contributed by atoms with E-state index in [2.05, 4.69) is 0 Å². The van der Waals surface area contributed by atoms with Crippen LogP contribution < -0.4 is 14.7 Å². The molecule has 0 bridgehead atoms. The van der Waals surface area contributed by atoms with Crippen molar-refractivity contribution in [3.8, 4) is 5.75 Å². The normalized spacial score (nSPS) is 21.1. The molecule has 178 valence electrons. The van der Waals surface area contributed by atoms with Crippen molar-refractivity contribution in [1.82, 2.24) is 0 Å². The van der Waals surface area contributed by atoms with Gasteiger partial charge in [0.2, 0.25) is 5.91 Å². The zero-order chi connectivity index (χ0) is 24.5. The summed E-state index contributed by atoms with van der Waals surface area (Å²) in [6, 6.07) is 35.7. The maximum absolute atomic E-state index is 13.7. The van der Waals surface area contributed by atoms with Gasteiger partial charge in [0.1, 0.15) is 18.3 Å². The van der Waals surface area contributed by atoms with Crippen LogP contribution in [-0.4, -0.2) is 17.9 Å². The van der Waals surface area contributed by atoms with Gasteiger partial charge in [-0.25, -0.2) is 9.96 Å². The zero-order valence-corrected chi connectivity index (χ0v) is 19.4. The lowest BCUT2D eigenvalue weighted by molar-refractivity contribution is -0.126. The minimum absolute atomic E-state index is 0.260. The number of amides is 2. The Morgan fingerprint density at radius 2 is 1.25 bits per heavy atom. The lowest BCUT2D eigenvalue weighted by atomic mass is 9.90. The molecule has 6 heteroatoms. The van der Waals surface area contributed by atoms with Gasteiger partial charge in [0, 0.05) is 0 Å². The number of hydrogen-bond donors (Lipinski definition) is 0. The molecular formula is C30H24N2O4. The molecule has 0 radical (unpaired) electrons. The Bertz CT molecular complexity index is 1360. The highest BCUT2D eigenvalue weighted by Crippen LogP contribution is 2.47. The van der Waals surface area contributed by atoms with Gasteiger partial charge < -0.3 is 4.74 Å². The number of nitrogens with zero attached hydrogens (tertiary/aromatic N) is 2. The summed E-state index contributed by atoms with van der Waals surface area (Å²) in [4.78, 5) is 34.5. The molecule has 2 aliphatic rings. The molecule has 6 rings (SSSR count). The van der Waals surface area contributed by atoms with E-state index >= 15 is 0 Å². The smallest absolute Gasteiger partial charge is 0.266 e. The number of ether oxygens (including phenoxy) is 1. The van der Waals surface area contributed by atoms with Gasteiger partial charge in [-0.15, -0.1) is 0 Å². The molecule has 6 nitrogen and oxygen atoms in total. The number of anilines is 2. The van der Waals surface area contributed by atoms with Gasteiger partial charge in [0.05, 0.1) is 17.4 Å². The average Bonchev–Trinajstić information content (AvgIpc) is 3.45. The van der Waals surface area contributed by atoms with E-state index in [1.165, 1.54) is 4.90 Å². The lowest BCUT2D eigenvalue weighted by Crippen LogP contribution is -2.37. The number of hydroxylamine groups is 1. The van der Waals surface area contributed by atoms with E-state index in [4.69, 9.17) is 9.57 Å².